The van der Waals surface area contributed by atoms with E-state index in [4.69, 9.17) is 0 Å². The van der Waals surface area contributed by atoms with Gasteiger partial charge in [-0.25, -0.2) is 5.43 Å². The topological polar surface area (TPSA) is 70.1 Å². The van der Waals surface area contributed by atoms with Gasteiger partial charge in [-0.05, 0) is 80.0 Å². The van der Waals surface area contributed by atoms with Crippen LogP contribution in [0.1, 0.15) is 60.3 Å². The molecule has 6 rings (SSSR count). The molecule has 2 aromatic rings. The zero-order valence-electron chi connectivity index (χ0n) is 15.1. The van der Waals surface area contributed by atoms with Crippen LogP contribution in [0.3, 0.4) is 0 Å². The van der Waals surface area contributed by atoms with Crippen LogP contribution in [0, 0.1) is 17.8 Å². The maximum atomic E-state index is 12.4. The highest BCUT2D eigenvalue weighted by Gasteiger charge is 2.52. The van der Waals surface area contributed by atoms with Crippen molar-refractivity contribution in [2.24, 2.45) is 22.9 Å². The molecule has 1 heterocycles. The molecule has 1 amide bonds. The Balaban J connectivity index is 1.28. The van der Waals surface area contributed by atoms with E-state index in [-0.39, 0.29) is 11.3 Å². The summed E-state index contributed by atoms with van der Waals surface area (Å²) >= 11 is 3.40. The van der Waals surface area contributed by atoms with Gasteiger partial charge in [0.1, 0.15) is 0 Å². The van der Waals surface area contributed by atoms with Crippen LogP contribution in [-0.4, -0.2) is 22.3 Å². The Morgan fingerprint density at radius 3 is 2.41 bits per heavy atom. The Morgan fingerprint density at radius 2 is 1.78 bits per heavy atom. The molecule has 27 heavy (non-hydrogen) atoms. The van der Waals surface area contributed by atoms with E-state index in [1.54, 1.807) is 6.21 Å². The highest BCUT2D eigenvalue weighted by molar-refractivity contribution is 9.10. The molecule has 4 bridgehead atoms. The lowest BCUT2D eigenvalue weighted by atomic mass is 9.49. The van der Waals surface area contributed by atoms with Crippen LogP contribution < -0.4 is 5.43 Å². The minimum Gasteiger partial charge on any atom is -0.281 e. The highest BCUT2D eigenvalue weighted by Crippen LogP contribution is 2.60. The normalized spacial score (nSPS) is 31.5. The first-order valence-corrected chi connectivity index (χ1v) is 10.5. The zero-order valence-corrected chi connectivity index (χ0v) is 16.7. The number of halogens is 1. The molecule has 4 fully saturated rings. The van der Waals surface area contributed by atoms with Gasteiger partial charge in [-0.15, -0.1) is 0 Å². The summed E-state index contributed by atoms with van der Waals surface area (Å²) in [6, 6.07) is 9.69. The summed E-state index contributed by atoms with van der Waals surface area (Å²) < 4.78 is 1.01. The summed E-state index contributed by atoms with van der Waals surface area (Å²) in [5.41, 5.74) is 5.32. The first-order chi connectivity index (χ1) is 13.1. The van der Waals surface area contributed by atoms with Crippen LogP contribution in [0.25, 0.3) is 0 Å². The largest absolute Gasteiger partial charge is 0.291 e. The molecule has 4 saturated carbocycles. The van der Waals surface area contributed by atoms with Gasteiger partial charge in [0.15, 0.2) is 5.69 Å². The second kappa shape index (κ2) is 6.59. The average Bonchev–Trinajstić information content (AvgIpc) is 3.13. The second-order valence-corrected chi connectivity index (χ2v) is 9.53. The monoisotopic (exact) mass is 426 g/mol. The van der Waals surface area contributed by atoms with Gasteiger partial charge >= 0.3 is 0 Å². The van der Waals surface area contributed by atoms with Crippen LogP contribution in [-0.2, 0) is 5.41 Å². The number of hydrogen-bond acceptors (Lipinski definition) is 3. The lowest BCUT2D eigenvalue weighted by Crippen LogP contribution is -2.48. The van der Waals surface area contributed by atoms with Crippen molar-refractivity contribution < 1.29 is 4.79 Å². The number of aromatic amines is 1. The van der Waals surface area contributed by atoms with Crippen molar-refractivity contribution >= 4 is 28.1 Å². The van der Waals surface area contributed by atoms with Gasteiger partial charge in [-0.3, -0.25) is 9.89 Å². The summed E-state index contributed by atoms with van der Waals surface area (Å²) in [6.07, 6.45) is 9.62. The third kappa shape index (κ3) is 3.24. The number of hydrazone groups is 1. The number of carbonyl (C=O) groups is 1. The Morgan fingerprint density at radius 1 is 1.15 bits per heavy atom. The minimum atomic E-state index is -0.268. The maximum absolute atomic E-state index is 12.4. The van der Waals surface area contributed by atoms with Crippen molar-refractivity contribution in [3.05, 3.63) is 51.8 Å². The number of nitrogens with one attached hydrogen (secondary N) is 2. The molecule has 4 aliphatic rings. The van der Waals surface area contributed by atoms with E-state index in [0.29, 0.717) is 5.69 Å². The summed E-state index contributed by atoms with van der Waals surface area (Å²) in [6.45, 7) is 0. The lowest BCUT2D eigenvalue weighted by molar-refractivity contribution is -0.00721. The fourth-order valence-electron chi connectivity index (χ4n) is 5.92. The van der Waals surface area contributed by atoms with E-state index in [9.17, 15) is 4.79 Å². The molecule has 6 heteroatoms. The van der Waals surface area contributed by atoms with Gasteiger partial charge in [-0.2, -0.15) is 10.2 Å². The van der Waals surface area contributed by atoms with Crippen LogP contribution in [0.2, 0.25) is 0 Å². The minimum absolute atomic E-state index is 0.223. The van der Waals surface area contributed by atoms with Gasteiger partial charge in [0.2, 0.25) is 0 Å². The molecule has 0 atom stereocenters. The number of H-pyrrole nitrogens is 1. The van der Waals surface area contributed by atoms with Gasteiger partial charge in [-0.1, -0.05) is 28.1 Å². The fraction of sp³-hybridized carbons (Fsp3) is 0.476. The molecule has 5 nitrogen and oxygen atoms in total. The number of rotatable bonds is 4. The molecule has 1 aromatic heterocycles. The molecule has 0 unspecified atom stereocenters. The average molecular weight is 427 g/mol. The van der Waals surface area contributed by atoms with Crippen LogP contribution in [0.5, 0.6) is 0 Å². The number of nitrogens with zero attached hydrogens (tertiary/aromatic N) is 2. The van der Waals surface area contributed by atoms with Crippen LogP contribution in [0.15, 0.2) is 39.9 Å². The Labute approximate surface area is 167 Å². The van der Waals surface area contributed by atoms with E-state index in [1.807, 2.05) is 30.3 Å². The van der Waals surface area contributed by atoms with Gasteiger partial charge in [0.25, 0.3) is 5.91 Å². The molecule has 1 aromatic carbocycles. The van der Waals surface area contributed by atoms with Crippen LogP contribution >= 0.6 is 15.9 Å². The van der Waals surface area contributed by atoms with Gasteiger partial charge in [0, 0.05) is 15.6 Å². The van der Waals surface area contributed by atoms with Gasteiger partial charge in [0.05, 0.1) is 6.21 Å². The Hall–Kier alpha value is -1.95. The summed E-state index contributed by atoms with van der Waals surface area (Å²) in [5, 5.41) is 11.5. The molecule has 2 N–H and O–H groups in total. The van der Waals surface area contributed by atoms with Gasteiger partial charge < -0.3 is 0 Å². The van der Waals surface area contributed by atoms with E-state index >= 15 is 0 Å². The quantitative estimate of drug-likeness (QED) is 0.561. The molecule has 4 aliphatic carbocycles. The lowest BCUT2D eigenvalue weighted by Gasteiger charge is -2.56. The maximum Gasteiger partial charge on any atom is 0.291 e. The Kier molecular flexibility index (Phi) is 4.19. The predicted molar refractivity (Wildman–Crippen MR) is 108 cm³/mol. The molecule has 140 valence electrons. The molecular weight excluding hydrogens is 404 g/mol. The van der Waals surface area contributed by atoms with Crippen molar-refractivity contribution in [1.29, 1.82) is 0 Å². The number of aromatic nitrogens is 2. The molecule has 0 aliphatic heterocycles. The predicted octanol–water partition coefficient (Wildman–Crippen LogP) is 4.40. The zero-order chi connectivity index (χ0) is 18.4. The van der Waals surface area contributed by atoms with Crippen molar-refractivity contribution in [3.8, 4) is 0 Å². The van der Waals surface area contributed by atoms with Crippen LogP contribution in [0.4, 0.5) is 0 Å². The van der Waals surface area contributed by atoms with E-state index in [1.165, 1.54) is 38.5 Å². The Bertz CT molecular complexity index is 851. The van der Waals surface area contributed by atoms with Crippen molar-refractivity contribution in [1.82, 2.24) is 15.6 Å². The number of hydrogen-bond donors (Lipinski definition) is 2. The third-order valence-electron chi connectivity index (χ3n) is 6.67. The smallest absolute Gasteiger partial charge is 0.281 e. The van der Waals surface area contributed by atoms with E-state index < -0.39 is 0 Å². The third-order valence-corrected chi connectivity index (χ3v) is 7.20. The standard InChI is InChI=1S/C21H23BrN4O/c22-17-3-1-13(2-4-17)12-23-26-20(27)18-8-19(25-24-18)21-9-14-5-15(10-21)7-16(6-14)11-21/h1-4,8,12,14-16H,5-7,9-11H2,(H,24,25)(H,26,27). The molecule has 0 radical (unpaired) electrons. The number of carbonyl (C=O) groups excluding carboxylic acids is 1. The summed E-state index contributed by atoms with van der Waals surface area (Å²) in [7, 11) is 0. The first-order valence-electron chi connectivity index (χ1n) is 9.74. The summed E-state index contributed by atoms with van der Waals surface area (Å²) in [5.74, 6) is 2.34. The first kappa shape index (κ1) is 17.2. The second-order valence-electron chi connectivity index (χ2n) is 8.62. The van der Waals surface area contributed by atoms with E-state index in [2.05, 4.69) is 36.7 Å². The number of benzene rings is 1. The fourth-order valence-corrected chi connectivity index (χ4v) is 6.19. The molecule has 0 saturated heterocycles. The van der Waals surface area contributed by atoms with Crippen molar-refractivity contribution in [2.45, 2.75) is 43.9 Å². The SMILES string of the molecule is O=C(NN=Cc1ccc(Br)cc1)c1cc(C23CC4CC(CC(C4)C2)C3)[nH]n1. The number of amides is 1. The van der Waals surface area contributed by atoms with Crippen molar-refractivity contribution in [3.63, 3.8) is 0 Å². The molecular formula is C21H23BrN4O. The summed E-state index contributed by atoms with van der Waals surface area (Å²) in [4.78, 5) is 12.4. The highest BCUT2D eigenvalue weighted by atomic mass is 79.9. The molecule has 0 spiro atoms. The van der Waals surface area contributed by atoms with E-state index in [0.717, 1.165) is 33.5 Å². The van der Waals surface area contributed by atoms with Crippen molar-refractivity contribution in [2.75, 3.05) is 0 Å².